The highest BCUT2D eigenvalue weighted by Crippen LogP contribution is 2.28. The van der Waals surface area contributed by atoms with Gasteiger partial charge in [-0.2, -0.15) is 0 Å². The van der Waals surface area contributed by atoms with E-state index in [4.69, 9.17) is 28.7 Å². The Morgan fingerprint density at radius 3 is 1.93 bits per heavy atom. The Morgan fingerprint density at radius 2 is 1.36 bits per heavy atom. The summed E-state index contributed by atoms with van der Waals surface area (Å²) in [4.78, 5) is 42.8. The predicted molar refractivity (Wildman–Crippen MR) is 168 cm³/mol. The number of aliphatic imine (C=N–C) groups is 1. The van der Waals surface area contributed by atoms with E-state index >= 15 is 0 Å². The van der Waals surface area contributed by atoms with Crippen LogP contribution in [0.4, 0.5) is 0 Å². The molecule has 0 heterocycles. The van der Waals surface area contributed by atoms with Crippen molar-refractivity contribution in [3.8, 4) is 0 Å². The first-order valence-corrected chi connectivity index (χ1v) is 16.3. The van der Waals surface area contributed by atoms with Gasteiger partial charge in [0, 0.05) is 19.1 Å². The normalized spacial score (nSPS) is 19.3. The van der Waals surface area contributed by atoms with Crippen molar-refractivity contribution in [3.63, 3.8) is 0 Å². The molecule has 3 amide bonds. The van der Waals surface area contributed by atoms with Crippen molar-refractivity contribution in [1.29, 1.82) is 0 Å². The summed E-state index contributed by atoms with van der Waals surface area (Å²) in [6.45, 7) is 1.34. The number of nitrogens with one attached hydrogen (secondary N) is 3. The molecular weight excluding hydrogens is 534 g/mol. The maximum Gasteiger partial charge on any atom is 0.240 e. The quantitative estimate of drug-likeness (QED) is 0.0571. The van der Waals surface area contributed by atoms with Crippen molar-refractivity contribution in [3.05, 3.63) is 0 Å². The summed E-state index contributed by atoms with van der Waals surface area (Å²) in [5.41, 5.74) is 28.5. The van der Waals surface area contributed by atoms with Crippen molar-refractivity contribution in [2.75, 3.05) is 19.6 Å². The minimum absolute atomic E-state index is 0.0305. The van der Waals surface area contributed by atoms with Crippen LogP contribution in [-0.2, 0) is 14.4 Å². The third kappa shape index (κ3) is 14.6. The maximum absolute atomic E-state index is 13.5. The Morgan fingerprint density at radius 1 is 0.738 bits per heavy atom. The van der Waals surface area contributed by atoms with Crippen LogP contribution in [-0.4, -0.2) is 67.5 Å². The second kappa shape index (κ2) is 20.5. The molecule has 0 aromatic heterocycles. The molecule has 0 radical (unpaired) electrons. The first kappa shape index (κ1) is 35.8. The lowest BCUT2D eigenvalue weighted by molar-refractivity contribution is -0.129. The van der Waals surface area contributed by atoms with Gasteiger partial charge in [0.1, 0.15) is 6.04 Å². The molecule has 42 heavy (non-hydrogen) atoms. The summed E-state index contributed by atoms with van der Waals surface area (Å²) < 4.78 is 0. The minimum Gasteiger partial charge on any atom is -0.370 e. The topological polar surface area (TPSA) is 230 Å². The van der Waals surface area contributed by atoms with Crippen molar-refractivity contribution < 1.29 is 14.4 Å². The molecule has 12 heteroatoms. The molecule has 0 saturated heterocycles. The number of hydrogen-bond acceptors (Lipinski definition) is 7. The number of unbranched alkanes of at least 4 members (excludes halogenated alkanes) is 1. The van der Waals surface area contributed by atoms with Gasteiger partial charge in [0.05, 0.1) is 12.1 Å². The number of primary amides is 1. The lowest BCUT2D eigenvalue weighted by atomic mass is 9.84. The number of carbonyl (C=O) groups is 3. The van der Waals surface area contributed by atoms with Crippen LogP contribution in [0.2, 0.25) is 0 Å². The van der Waals surface area contributed by atoms with E-state index in [-0.39, 0.29) is 23.8 Å². The molecular formula is C30H59N9O3. The van der Waals surface area contributed by atoms with E-state index in [2.05, 4.69) is 20.9 Å². The molecule has 2 rings (SSSR count). The van der Waals surface area contributed by atoms with Gasteiger partial charge in [0.2, 0.25) is 17.7 Å². The number of amides is 3. The van der Waals surface area contributed by atoms with Crippen LogP contribution >= 0.6 is 0 Å². The van der Waals surface area contributed by atoms with Crippen LogP contribution in [0.15, 0.2) is 4.99 Å². The SMILES string of the molecule is NCCCCC(NC(=O)C(CC1CCCCC1)NCC(CCCN=C(N)N)NC(=O)C(N)CC1CCCCC1)C(N)=O. The van der Waals surface area contributed by atoms with Gasteiger partial charge in [0.25, 0.3) is 0 Å². The molecule has 0 spiro atoms. The first-order valence-electron chi connectivity index (χ1n) is 16.3. The van der Waals surface area contributed by atoms with Gasteiger partial charge >= 0.3 is 0 Å². The summed E-state index contributed by atoms with van der Waals surface area (Å²) in [7, 11) is 0. The third-order valence-corrected chi connectivity index (χ3v) is 8.83. The molecule has 2 saturated carbocycles. The van der Waals surface area contributed by atoms with Crippen LogP contribution in [0.5, 0.6) is 0 Å². The van der Waals surface area contributed by atoms with Crippen LogP contribution < -0.4 is 44.6 Å². The molecule has 2 aliphatic rings. The zero-order valence-electron chi connectivity index (χ0n) is 25.7. The highest BCUT2D eigenvalue weighted by atomic mass is 16.2. The highest BCUT2D eigenvalue weighted by molar-refractivity contribution is 5.89. The molecule has 12 nitrogen and oxygen atoms in total. The molecule has 0 bridgehead atoms. The number of guanidine groups is 1. The zero-order chi connectivity index (χ0) is 30.7. The van der Waals surface area contributed by atoms with E-state index in [0.717, 1.165) is 44.9 Å². The lowest BCUT2D eigenvalue weighted by Gasteiger charge is -2.30. The average Bonchev–Trinajstić information content (AvgIpc) is 2.97. The Hall–Kier alpha value is -2.44. The van der Waals surface area contributed by atoms with Gasteiger partial charge in [-0.15, -0.1) is 0 Å². The van der Waals surface area contributed by atoms with E-state index in [1.54, 1.807) is 0 Å². The molecule has 2 fully saturated rings. The highest BCUT2D eigenvalue weighted by Gasteiger charge is 2.29. The summed E-state index contributed by atoms with van der Waals surface area (Å²) in [6, 6.07) is -2.09. The first-order chi connectivity index (χ1) is 20.2. The number of carbonyl (C=O) groups excluding carboxylic acids is 3. The monoisotopic (exact) mass is 593 g/mol. The van der Waals surface area contributed by atoms with Crippen molar-refractivity contribution in [2.24, 2.45) is 45.5 Å². The van der Waals surface area contributed by atoms with Gasteiger partial charge in [-0.25, -0.2) is 0 Å². The minimum atomic E-state index is -0.743. The van der Waals surface area contributed by atoms with Crippen LogP contribution in [0, 0.1) is 11.8 Å². The summed E-state index contributed by atoms with van der Waals surface area (Å²) in [6.07, 6.45) is 16.1. The molecule has 0 aromatic carbocycles. The zero-order valence-corrected chi connectivity index (χ0v) is 25.7. The van der Waals surface area contributed by atoms with Gasteiger partial charge in [-0.3, -0.25) is 19.4 Å². The molecule has 0 aliphatic heterocycles. The van der Waals surface area contributed by atoms with Crippen LogP contribution in [0.1, 0.15) is 109 Å². The maximum atomic E-state index is 13.5. The molecule has 4 unspecified atom stereocenters. The number of hydrogen-bond donors (Lipinski definition) is 8. The van der Waals surface area contributed by atoms with Crippen LogP contribution in [0.3, 0.4) is 0 Å². The summed E-state index contributed by atoms with van der Waals surface area (Å²) in [5.74, 6) is -0.0148. The molecule has 4 atom stereocenters. The Balaban J connectivity index is 2.07. The Bertz CT molecular complexity index is 825. The number of rotatable bonds is 20. The van der Waals surface area contributed by atoms with Gasteiger partial charge in [-0.1, -0.05) is 64.2 Å². The fraction of sp³-hybridized carbons (Fsp3) is 0.867. The summed E-state index contributed by atoms with van der Waals surface area (Å²) >= 11 is 0. The molecule has 0 aromatic rings. The predicted octanol–water partition coefficient (Wildman–Crippen LogP) is 0.850. The Kier molecular flexibility index (Phi) is 17.4. The van der Waals surface area contributed by atoms with Crippen molar-refractivity contribution in [1.82, 2.24) is 16.0 Å². The molecule has 242 valence electrons. The fourth-order valence-electron chi connectivity index (χ4n) is 6.34. The molecule has 13 N–H and O–H groups in total. The Labute approximate surface area is 252 Å². The summed E-state index contributed by atoms with van der Waals surface area (Å²) in [5, 5.41) is 9.45. The second-order valence-corrected chi connectivity index (χ2v) is 12.4. The van der Waals surface area contributed by atoms with E-state index in [1.807, 2.05) is 0 Å². The largest absolute Gasteiger partial charge is 0.370 e. The van der Waals surface area contributed by atoms with Crippen molar-refractivity contribution in [2.45, 2.75) is 133 Å². The number of nitrogens with two attached hydrogens (primary N) is 5. The second-order valence-electron chi connectivity index (χ2n) is 12.4. The van der Waals surface area contributed by atoms with Crippen LogP contribution in [0.25, 0.3) is 0 Å². The van der Waals surface area contributed by atoms with Gasteiger partial charge in [-0.05, 0) is 63.3 Å². The fourth-order valence-corrected chi connectivity index (χ4v) is 6.34. The van der Waals surface area contributed by atoms with Gasteiger partial charge in [0.15, 0.2) is 5.96 Å². The van der Waals surface area contributed by atoms with E-state index in [9.17, 15) is 14.4 Å². The third-order valence-electron chi connectivity index (χ3n) is 8.83. The molecule has 2 aliphatic carbocycles. The lowest BCUT2D eigenvalue weighted by Crippen LogP contribution is -2.55. The van der Waals surface area contributed by atoms with Crippen molar-refractivity contribution >= 4 is 23.7 Å². The van der Waals surface area contributed by atoms with Gasteiger partial charge < -0.3 is 44.6 Å². The average molecular weight is 594 g/mol. The van der Waals surface area contributed by atoms with E-state index in [0.29, 0.717) is 70.0 Å². The number of nitrogens with zero attached hydrogens (tertiary/aromatic N) is 1. The smallest absolute Gasteiger partial charge is 0.240 e. The van der Waals surface area contributed by atoms with E-state index in [1.165, 1.54) is 25.7 Å². The van der Waals surface area contributed by atoms with E-state index < -0.39 is 24.0 Å². The standard InChI is InChI=1S/C30H59N9O3/c31-16-8-7-15-25(27(33)40)39-29(42)26(19-22-12-5-2-6-13-22)37-20-23(14-9-17-36-30(34)35)38-28(41)24(32)18-21-10-3-1-4-11-21/h21-26,37H,1-20,31-32H2,(H2,33,40)(H,38,41)(H,39,42)(H4,34,35,36).